The Morgan fingerprint density at radius 2 is 2.22 bits per heavy atom. The van der Waals surface area contributed by atoms with Crippen molar-refractivity contribution in [3.05, 3.63) is 16.1 Å². The van der Waals surface area contributed by atoms with E-state index in [2.05, 4.69) is 32.8 Å². The van der Waals surface area contributed by atoms with Gasteiger partial charge in [-0.3, -0.25) is 4.99 Å². The van der Waals surface area contributed by atoms with E-state index in [0.717, 1.165) is 49.1 Å². The highest BCUT2D eigenvalue weighted by atomic mass is 127. The predicted molar refractivity (Wildman–Crippen MR) is 121 cm³/mol. The molecule has 1 fully saturated rings. The number of likely N-dealkylation sites (tertiary alicyclic amines) is 1. The molecule has 2 rings (SSSR count). The summed E-state index contributed by atoms with van der Waals surface area (Å²) >= 11 is 1.67. The molecule has 1 amide bonds. The van der Waals surface area contributed by atoms with E-state index in [0.29, 0.717) is 6.54 Å². The maximum atomic E-state index is 11.9. The van der Waals surface area contributed by atoms with Crippen molar-refractivity contribution in [2.45, 2.75) is 59.1 Å². The number of aliphatic imine (C=N–C) groups is 1. The number of amides is 1. The third-order valence-electron chi connectivity index (χ3n) is 3.84. The molecule has 0 radical (unpaired) electrons. The van der Waals surface area contributed by atoms with Gasteiger partial charge >= 0.3 is 6.09 Å². The zero-order valence-electron chi connectivity index (χ0n) is 16.9. The van der Waals surface area contributed by atoms with Crippen molar-refractivity contribution in [3.63, 3.8) is 0 Å². The molecule has 1 aromatic rings. The van der Waals surface area contributed by atoms with E-state index in [9.17, 15) is 4.79 Å². The Balaban J connectivity index is 0.00000364. The number of hydrogen-bond acceptors (Lipinski definition) is 5. The highest BCUT2D eigenvalue weighted by molar-refractivity contribution is 14.0. The number of rotatable bonds is 5. The summed E-state index contributed by atoms with van der Waals surface area (Å²) in [7, 11) is 0. The number of carbonyl (C=O) groups excluding carboxylic acids is 1. The van der Waals surface area contributed by atoms with E-state index in [4.69, 9.17) is 9.73 Å². The van der Waals surface area contributed by atoms with Crippen LogP contribution >= 0.6 is 35.3 Å². The molecule has 9 heteroatoms. The van der Waals surface area contributed by atoms with Crippen LogP contribution in [-0.2, 0) is 11.2 Å². The molecule has 1 unspecified atom stereocenters. The first-order chi connectivity index (χ1) is 12.3. The van der Waals surface area contributed by atoms with Crippen LogP contribution in [0.25, 0.3) is 0 Å². The Hall–Kier alpha value is -1.10. The van der Waals surface area contributed by atoms with Gasteiger partial charge in [0.2, 0.25) is 0 Å². The number of nitrogens with one attached hydrogen (secondary N) is 2. The van der Waals surface area contributed by atoms with E-state index in [1.807, 2.05) is 27.7 Å². The van der Waals surface area contributed by atoms with E-state index in [1.165, 1.54) is 0 Å². The van der Waals surface area contributed by atoms with Crippen LogP contribution in [0.1, 0.15) is 44.8 Å². The summed E-state index contributed by atoms with van der Waals surface area (Å²) in [6, 6.07) is 0.0786. The van der Waals surface area contributed by atoms with Crippen LogP contribution in [0.2, 0.25) is 0 Å². The molecule has 1 atom stereocenters. The second-order valence-corrected chi connectivity index (χ2v) is 8.48. The molecule has 1 saturated heterocycles. The van der Waals surface area contributed by atoms with Gasteiger partial charge in [0.1, 0.15) is 5.60 Å². The fourth-order valence-corrected chi connectivity index (χ4v) is 3.42. The quantitative estimate of drug-likeness (QED) is 0.362. The number of halogens is 1. The maximum absolute atomic E-state index is 11.9. The lowest BCUT2D eigenvalue weighted by Gasteiger charge is -2.23. The van der Waals surface area contributed by atoms with Gasteiger partial charge in [-0.1, -0.05) is 0 Å². The molecule has 0 saturated carbocycles. The molecule has 1 aliphatic rings. The molecule has 0 aromatic carbocycles. The van der Waals surface area contributed by atoms with Crippen molar-refractivity contribution in [3.8, 4) is 0 Å². The number of hydrogen-bond donors (Lipinski definition) is 2. The molecular weight excluding hydrogens is 477 g/mol. The Morgan fingerprint density at radius 1 is 1.48 bits per heavy atom. The number of ether oxygens (including phenoxy) is 1. The summed E-state index contributed by atoms with van der Waals surface area (Å²) in [6.07, 6.45) is 1.37. The van der Waals surface area contributed by atoms with E-state index < -0.39 is 5.60 Å². The number of aromatic nitrogens is 1. The monoisotopic (exact) mass is 509 g/mol. The standard InChI is InChI=1S/C18H31N5O2S.HI/c1-6-19-16(20-9-7-15-12-26-13(2)21-15)23-10-8-14(11-23)22-17(24)25-18(3,4)5;/h12,14H,6-11H2,1-5H3,(H,19,20)(H,22,24);1H. The van der Waals surface area contributed by atoms with Gasteiger partial charge < -0.3 is 20.3 Å². The molecule has 154 valence electrons. The Kier molecular flexibility index (Phi) is 9.78. The summed E-state index contributed by atoms with van der Waals surface area (Å²) < 4.78 is 5.34. The van der Waals surface area contributed by atoms with Crippen LogP contribution in [0.15, 0.2) is 10.4 Å². The topological polar surface area (TPSA) is 78.9 Å². The van der Waals surface area contributed by atoms with Crippen molar-refractivity contribution in [1.82, 2.24) is 20.5 Å². The number of aryl methyl sites for hydroxylation is 1. The van der Waals surface area contributed by atoms with E-state index in [-0.39, 0.29) is 36.1 Å². The van der Waals surface area contributed by atoms with Gasteiger partial charge in [-0.2, -0.15) is 0 Å². The molecule has 1 aliphatic heterocycles. The number of alkyl carbamates (subject to hydrolysis) is 1. The number of nitrogens with zero attached hydrogens (tertiary/aromatic N) is 3. The van der Waals surface area contributed by atoms with Gasteiger partial charge in [0, 0.05) is 38.0 Å². The van der Waals surface area contributed by atoms with Crippen LogP contribution in [0.5, 0.6) is 0 Å². The second kappa shape index (κ2) is 11.0. The average molecular weight is 509 g/mol. The number of guanidine groups is 1. The molecule has 1 aromatic heterocycles. The third kappa shape index (κ3) is 8.63. The summed E-state index contributed by atoms with van der Waals surface area (Å²) in [5, 5.41) is 9.48. The SMILES string of the molecule is CCNC(=NCCc1csc(C)n1)N1CCC(NC(=O)OC(C)(C)C)C1.I. The Bertz CT molecular complexity index is 630. The molecule has 27 heavy (non-hydrogen) atoms. The minimum atomic E-state index is -0.479. The van der Waals surface area contributed by atoms with Gasteiger partial charge in [0.25, 0.3) is 0 Å². The molecule has 2 heterocycles. The van der Waals surface area contributed by atoms with Crippen LogP contribution in [-0.4, -0.2) is 59.8 Å². The minimum absolute atomic E-state index is 0. The zero-order valence-corrected chi connectivity index (χ0v) is 20.0. The molecule has 0 spiro atoms. The van der Waals surface area contributed by atoms with Crippen molar-refractivity contribution in [2.24, 2.45) is 4.99 Å². The summed E-state index contributed by atoms with van der Waals surface area (Å²) in [5.41, 5.74) is 0.616. The van der Waals surface area contributed by atoms with Gasteiger partial charge in [-0.05, 0) is 41.0 Å². The summed E-state index contributed by atoms with van der Waals surface area (Å²) in [5.74, 6) is 0.896. The molecular formula is C18H32IN5O2S. The largest absolute Gasteiger partial charge is 0.444 e. The normalized spacial score (nSPS) is 17.4. The highest BCUT2D eigenvalue weighted by Gasteiger charge is 2.27. The predicted octanol–water partition coefficient (Wildman–Crippen LogP) is 3.18. The van der Waals surface area contributed by atoms with Crippen molar-refractivity contribution in [1.29, 1.82) is 0 Å². The van der Waals surface area contributed by atoms with Crippen LogP contribution in [0, 0.1) is 6.92 Å². The number of carbonyl (C=O) groups is 1. The first kappa shape index (κ1) is 23.9. The van der Waals surface area contributed by atoms with Crippen molar-refractivity contribution < 1.29 is 9.53 Å². The lowest BCUT2D eigenvalue weighted by Crippen LogP contribution is -2.44. The summed E-state index contributed by atoms with van der Waals surface area (Å²) in [4.78, 5) is 23.3. The third-order valence-corrected chi connectivity index (χ3v) is 4.66. The Labute approximate surface area is 183 Å². The molecule has 7 nitrogen and oxygen atoms in total. The van der Waals surface area contributed by atoms with Gasteiger partial charge in [0.05, 0.1) is 16.7 Å². The first-order valence-corrected chi connectivity index (χ1v) is 10.1. The summed E-state index contributed by atoms with van der Waals surface area (Å²) in [6.45, 7) is 12.8. The van der Waals surface area contributed by atoms with Crippen LogP contribution in [0.4, 0.5) is 4.79 Å². The van der Waals surface area contributed by atoms with Gasteiger partial charge in [-0.15, -0.1) is 35.3 Å². The first-order valence-electron chi connectivity index (χ1n) is 9.20. The fourth-order valence-electron chi connectivity index (χ4n) is 2.77. The number of thiazole rings is 1. The van der Waals surface area contributed by atoms with Crippen LogP contribution in [0.3, 0.4) is 0 Å². The Morgan fingerprint density at radius 3 is 2.81 bits per heavy atom. The van der Waals surface area contributed by atoms with Crippen LogP contribution < -0.4 is 10.6 Å². The highest BCUT2D eigenvalue weighted by Crippen LogP contribution is 2.13. The smallest absolute Gasteiger partial charge is 0.407 e. The van der Waals surface area contributed by atoms with Gasteiger partial charge in [0.15, 0.2) is 5.96 Å². The zero-order chi connectivity index (χ0) is 19.2. The molecule has 0 bridgehead atoms. The maximum Gasteiger partial charge on any atom is 0.407 e. The fraction of sp³-hybridized carbons (Fsp3) is 0.722. The lowest BCUT2D eigenvalue weighted by molar-refractivity contribution is 0.0507. The van der Waals surface area contributed by atoms with Gasteiger partial charge in [-0.25, -0.2) is 9.78 Å². The molecule has 2 N–H and O–H groups in total. The van der Waals surface area contributed by atoms with Crippen molar-refractivity contribution >= 4 is 47.4 Å². The lowest BCUT2D eigenvalue weighted by atomic mass is 10.2. The second-order valence-electron chi connectivity index (χ2n) is 7.42. The molecule has 0 aliphatic carbocycles. The van der Waals surface area contributed by atoms with E-state index in [1.54, 1.807) is 11.3 Å². The average Bonchev–Trinajstić information content (AvgIpc) is 3.13. The van der Waals surface area contributed by atoms with Crippen molar-refractivity contribution in [2.75, 3.05) is 26.2 Å². The van der Waals surface area contributed by atoms with E-state index >= 15 is 0 Å². The minimum Gasteiger partial charge on any atom is -0.444 e.